The molecule has 1 aliphatic heterocycles. The fourth-order valence-corrected chi connectivity index (χ4v) is 2.10. The third-order valence-electron chi connectivity index (χ3n) is 2.91. The van der Waals surface area contributed by atoms with Gasteiger partial charge in [0, 0.05) is 18.9 Å². The molecule has 0 aromatic heterocycles. The number of nitrogens with one attached hydrogen (secondary N) is 1. The largest absolute Gasteiger partial charge is 0.483 e. The van der Waals surface area contributed by atoms with Crippen LogP contribution in [0.3, 0.4) is 0 Å². The van der Waals surface area contributed by atoms with E-state index < -0.39 is 0 Å². The van der Waals surface area contributed by atoms with Crippen LogP contribution in [0.25, 0.3) is 0 Å². The second-order valence-corrected chi connectivity index (χ2v) is 5.33. The highest BCUT2D eigenvalue weighted by atomic mass is 16.5. The molecule has 2 rings (SSSR count). The summed E-state index contributed by atoms with van der Waals surface area (Å²) in [6.07, 6.45) is 0.883. The standard InChI is InChI=1S/C16H19NO3/c1-12(18)17-9-4-5-10-19-14-8-6-7-13-11-16(2,3)20-15(13)14/h6-8H,9-11H2,1-3H3,(H,17,18). The van der Waals surface area contributed by atoms with Crippen LogP contribution >= 0.6 is 0 Å². The Bertz CT molecular complexity index is 567. The van der Waals surface area contributed by atoms with Crippen molar-refractivity contribution in [2.75, 3.05) is 13.2 Å². The summed E-state index contributed by atoms with van der Waals surface area (Å²) in [5, 5.41) is 2.60. The molecule has 0 fully saturated rings. The van der Waals surface area contributed by atoms with Gasteiger partial charge in [-0.05, 0) is 19.9 Å². The van der Waals surface area contributed by atoms with E-state index in [1.54, 1.807) is 0 Å². The molecule has 4 heteroatoms. The maximum atomic E-state index is 10.7. The number of hydrogen-bond donors (Lipinski definition) is 1. The van der Waals surface area contributed by atoms with Gasteiger partial charge in [0.05, 0.1) is 6.54 Å². The Morgan fingerprint density at radius 3 is 3.00 bits per heavy atom. The Hall–Kier alpha value is -2.15. The Kier molecular flexibility index (Phi) is 4.19. The molecule has 0 saturated carbocycles. The monoisotopic (exact) mass is 273 g/mol. The summed E-state index contributed by atoms with van der Waals surface area (Å²) in [6.45, 7) is 6.20. The van der Waals surface area contributed by atoms with Gasteiger partial charge in [0.1, 0.15) is 12.2 Å². The minimum absolute atomic E-state index is 0.0864. The predicted octanol–water partition coefficient (Wildman–Crippen LogP) is 1.92. The summed E-state index contributed by atoms with van der Waals surface area (Å²) in [7, 11) is 0. The Morgan fingerprint density at radius 2 is 2.25 bits per heavy atom. The minimum atomic E-state index is -0.182. The first kappa shape index (κ1) is 14.3. The second-order valence-electron chi connectivity index (χ2n) is 5.33. The average molecular weight is 273 g/mol. The van der Waals surface area contributed by atoms with Crippen molar-refractivity contribution in [3.63, 3.8) is 0 Å². The van der Waals surface area contributed by atoms with E-state index in [0.29, 0.717) is 6.54 Å². The van der Waals surface area contributed by atoms with Gasteiger partial charge in [-0.3, -0.25) is 4.79 Å². The highest BCUT2D eigenvalue weighted by Crippen LogP contribution is 2.41. The number of fused-ring (bicyclic) bond motifs is 1. The number of para-hydroxylation sites is 1. The van der Waals surface area contributed by atoms with Crippen LogP contribution in [-0.2, 0) is 11.2 Å². The smallest absolute Gasteiger partial charge is 0.217 e. The van der Waals surface area contributed by atoms with Crippen molar-refractivity contribution in [1.29, 1.82) is 0 Å². The lowest BCUT2D eigenvalue weighted by molar-refractivity contribution is -0.118. The van der Waals surface area contributed by atoms with E-state index in [-0.39, 0.29) is 18.1 Å². The molecule has 0 bridgehead atoms. The predicted molar refractivity (Wildman–Crippen MR) is 76.8 cm³/mol. The van der Waals surface area contributed by atoms with Crippen molar-refractivity contribution in [2.45, 2.75) is 32.8 Å². The van der Waals surface area contributed by atoms with Crippen LogP contribution in [0, 0.1) is 11.8 Å². The van der Waals surface area contributed by atoms with Crippen LogP contribution in [0.15, 0.2) is 18.2 Å². The maximum Gasteiger partial charge on any atom is 0.217 e. The van der Waals surface area contributed by atoms with Crippen LogP contribution in [0.4, 0.5) is 0 Å². The van der Waals surface area contributed by atoms with E-state index in [0.717, 1.165) is 17.9 Å². The Morgan fingerprint density at radius 1 is 1.45 bits per heavy atom. The molecule has 1 heterocycles. The van der Waals surface area contributed by atoms with E-state index >= 15 is 0 Å². The van der Waals surface area contributed by atoms with Gasteiger partial charge in [0.15, 0.2) is 11.5 Å². The van der Waals surface area contributed by atoms with E-state index in [9.17, 15) is 4.79 Å². The topological polar surface area (TPSA) is 47.6 Å². The zero-order valence-electron chi connectivity index (χ0n) is 12.1. The minimum Gasteiger partial charge on any atom is -0.483 e. The zero-order valence-corrected chi connectivity index (χ0v) is 12.1. The van der Waals surface area contributed by atoms with E-state index in [4.69, 9.17) is 9.47 Å². The molecule has 106 valence electrons. The Labute approximate surface area is 119 Å². The van der Waals surface area contributed by atoms with Crippen LogP contribution < -0.4 is 14.8 Å². The summed E-state index contributed by atoms with van der Waals surface area (Å²) in [5.74, 6) is 7.14. The number of rotatable bonds is 3. The summed E-state index contributed by atoms with van der Waals surface area (Å²) < 4.78 is 11.5. The van der Waals surface area contributed by atoms with Crippen molar-refractivity contribution in [3.05, 3.63) is 23.8 Å². The van der Waals surface area contributed by atoms with Gasteiger partial charge in [-0.1, -0.05) is 24.0 Å². The molecule has 1 N–H and O–H groups in total. The molecule has 1 aromatic carbocycles. The normalized spacial score (nSPS) is 14.6. The number of benzene rings is 1. The fraction of sp³-hybridized carbons (Fsp3) is 0.438. The van der Waals surface area contributed by atoms with Crippen LogP contribution in [0.1, 0.15) is 26.3 Å². The van der Waals surface area contributed by atoms with Crippen LogP contribution in [0.5, 0.6) is 11.5 Å². The first-order valence-corrected chi connectivity index (χ1v) is 6.62. The van der Waals surface area contributed by atoms with E-state index in [2.05, 4.69) is 37.1 Å². The number of carbonyl (C=O) groups excluding carboxylic acids is 1. The molecule has 20 heavy (non-hydrogen) atoms. The molecule has 0 spiro atoms. The van der Waals surface area contributed by atoms with Gasteiger partial charge in [-0.2, -0.15) is 0 Å². The van der Waals surface area contributed by atoms with Crippen molar-refractivity contribution >= 4 is 5.91 Å². The highest BCUT2D eigenvalue weighted by molar-refractivity contribution is 5.73. The lowest BCUT2D eigenvalue weighted by Crippen LogP contribution is -2.24. The number of hydrogen-bond acceptors (Lipinski definition) is 3. The first-order valence-electron chi connectivity index (χ1n) is 6.62. The summed E-state index contributed by atoms with van der Waals surface area (Å²) >= 11 is 0. The second kappa shape index (κ2) is 5.87. The molecular formula is C16H19NO3. The summed E-state index contributed by atoms with van der Waals surface area (Å²) in [4.78, 5) is 10.7. The van der Waals surface area contributed by atoms with Crippen LogP contribution in [-0.4, -0.2) is 24.7 Å². The molecule has 0 unspecified atom stereocenters. The molecule has 0 atom stereocenters. The van der Waals surface area contributed by atoms with Gasteiger partial charge in [-0.15, -0.1) is 0 Å². The molecule has 0 radical (unpaired) electrons. The molecule has 4 nitrogen and oxygen atoms in total. The summed E-state index contributed by atoms with van der Waals surface area (Å²) in [6, 6.07) is 5.90. The van der Waals surface area contributed by atoms with Gasteiger partial charge in [0.2, 0.25) is 5.91 Å². The lowest BCUT2D eigenvalue weighted by atomic mass is 10.0. The number of amides is 1. The highest BCUT2D eigenvalue weighted by Gasteiger charge is 2.32. The molecule has 0 aliphatic carbocycles. The average Bonchev–Trinajstić information content (AvgIpc) is 2.67. The van der Waals surface area contributed by atoms with Gasteiger partial charge < -0.3 is 14.8 Å². The Balaban J connectivity index is 1.92. The fourth-order valence-electron chi connectivity index (χ4n) is 2.10. The third-order valence-corrected chi connectivity index (χ3v) is 2.91. The van der Waals surface area contributed by atoms with Crippen molar-refractivity contribution < 1.29 is 14.3 Å². The molecule has 0 saturated heterocycles. The molecular weight excluding hydrogens is 254 g/mol. The van der Waals surface area contributed by atoms with Crippen molar-refractivity contribution in [1.82, 2.24) is 5.32 Å². The van der Waals surface area contributed by atoms with E-state index in [1.165, 1.54) is 12.5 Å². The number of carbonyl (C=O) groups is 1. The molecule has 1 aliphatic rings. The lowest BCUT2D eigenvalue weighted by Gasteiger charge is -2.17. The van der Waals surface area contributed by atoms with Crippen molar-refractivity contribution in [3.8, 4) is 23.3 Å². The summed E-state index contributed by atoms with van der Waals surface area (Å²) in [5.41, 5.74) is 0.984. The van der Waals surface area contributed by atoms with Gasteiger partial charge in [0.25, 0.3) is 0 Å². The van der Waals surface area contributed by atoms with Crippen molar-refractivity contribution in [2.24, 2.45) is 0 Å². The molecule has 1 amide bonds. The maximum absolute atomic E-state index is 10.7. The van der Waals surface area contributed by atoms with Gasteiger partial charge >= 0.3 is 0 Å². The van der Waals surface area contributed by atoms with E-state index in [1.807, 2.05) is 12.1 Å². The third kappa shape index (κ3) is 3.67. The molecule has 1 aromatic rings. The number of ether oxygens (including phenoxy) is 2. The quantitative estimate of drug-likeness (QED) is 0.856. The zero-order chi connectivity index (χ0) is 14.6. The SMILES string of the molecule is CC(=O)NCC#CCOc1cccc2c1OC(C)(C)C2. The first-order chi connectivity index (χ1) is 9.48. The van der Waals surface area contributed by atoms with Gasteiger partial charge in [-0.25, -0.2) is 0 Å². The van der Waals surface area contributed by atoms with Crippen LogP contribution in [0.2, 0.25) is 0 Å².